The lowest BCUT2D eigenvalue weighted by atomic mass is 9.76. The van der Waals surface area contributed by atoms with E-state index in [1.807, 2.05) is 19.1 Å². The highest BCUT2D eigenvalue weighted by Crippen LogP contribution is 2.36. The molecule has 1 saturated heterocycles. The smallest absolute Gasteiger partial charge is 0.192 e. The van der Waals surface area contributed by atoms with Gasteiger partial charge < -0.3 is 14.3 Å². The van der Waals surface area contributed by atoms with Crippen molar-refractivity contribution in [3.8, 4) is 0 Å². The minimum Gasteiger partial charge on any atom is -0.441 e. The SMILES string of the molecule is Cc1nc2ccc(C3(CCO)COC3)cc2o1. The second-order valence-electron chi connectivity index (χ2n) is 4.66. The Kier molecular flexibility index (Phi) is 2.42. The van der Waals surface area contributed by atoms with Crippen molar-refractivity contribution in [1.82, 2.24) is 4.98 Å². The summed E-state index contributed by atoms with van der Waals surface area (Å²) < 4.78 is 10.8. The van der Waals surface area contributed by atoms with Gasteiger partial charge in [-0.15, -0.1) is 0 Å². The molecule has 1 aromatic heterocycles. The average Bonchev–Trinajstić information content (AvgIpc) is 2.62. The summed E-state index contributed by atoms with van der Waals surface area (Å²) in [4.78, 5) is 4.28. The molecular formula is C13H15NO3. The van der Waals surface area contributed by atoms with E-state index in [0.29, 0.717) is 19.1 Å². The number of hydrogen-bond acceptors (Lipinski definition) is 4. The number of hydrogen-bond donors (Lipinski definition) is 1. The Labute approximate surface area is 99.2 Å². The zero-order valence-electron chi connectivity index (χ0n) is 9.77. The van der Waals surface area contributed by atoms with E-state index in [1.165, 1.54) is 5.56 Å². The minimum absolute atomic E-state index is 0.0381. The van der Waals surface area contributed by atoms with E-state index in [0.717, 1.165) is 17.5 Å². The number of rotatable bonds is 3. The quantitative estimate of drug-likeness (QED) is 0.878. The van der Waals surface area contributed by atoms with Gasteiger partial charge in [0.1, 0.15) is 5.52 Å². The van der Waals surface area contributed by atoms with E-state index in [9.17, 15) is 0 Å². The van der Waals surface area contributed by atoms with E-state index >= 15 is 0 Å². The van der Waals surface area contributed by atoms with Crippen molar-refractivity contribution in [1.29, 1.82) is 0 Å². The molecule has 4 heteroatoms. The molecule has 0 unspecified atom stereocenters. The molecule has 2 heterocycles. The number of nitrogens with zero attached hydrogens (tertiary/aromatic N) is 1. The first-order valence-corrected chi connectivity index (χ1v) is 5.80. The third-order valence-electron chi connectivity index (χ3n) is 3.45. The molecule has 0 aliphatic carbocycles. The fourth-order valence-corrected chi connectivity index (χ4v) is 2.39. The standard InChI is InChI=1S/C13H15NO3/c1-9-14-11-3-2-10(6-12(11)17-9)13(4-5-15)7-16-8-13/h2-3,6,15H,4-5,7-8H2,1H3. The first-order valence-electron chi connectivity index (χ1n) is 5.80. The van der Waals surface area contributed by atoms with Crippen molar-refractivity contribution in [3.63, 3.8) is 0 Å². The molecule has 0 spiro atoms. The van der Waals surface area contributed by atoms with Gasteiger partial charge in [0.2, 0.25) is 0 Å². The molecule has 0 radical (unpaired) electrons. The van der Waals surface area contributed by atoms with Crippen LogP contribution in [0.5, 0.6) is 0 Å². The third-order valence-corrected chi connectivity index (χ3v) is 3.45. The first-order chi connectivity index (χ1) is 8.23. The summed E-state index contributed by atoms with van der Waals surface area (Å²) in [6, 6.07) is 6.05. The molecule has 4 nitrogen and oxygen atoms in total. The van der Waals surface area contributed by atoms with Crippen LogP contribution in [-0.4, -0.2) is 29.9 Å². The second kappa shape index (κ2) is 3.82. The predicted octanol–water partition coefficient (Wildman–Crippen LogP) is 1.79. The lowest BCUT2D eigenvalue weighted by molar-refractivity contribution is -0.0700. The molecule has 3 rings (SSSR count). The van der Waals surface area contributed by atoms with Gasteiger partial charge in [0, 0.05) is 18.9 Å². The van der Waals surface area contributed by atoms with E-state index in [-0.39, 0.29) is 12.0 Å². The van der Waals surface area contributed by atoms with Crippen LogP contribution in [0.1, 0.15) is 17.9 Å². The average molecular weight is 233 g/mol. The summed E-state index contributed by atoms with van der Waals surface area (Å²) in [6.45, 7) is 3.37. The van der Waals surface area contributed by atoms with Gasteiger partial charge in [0.25, 0.3) is 0 Å². The van der Waals surface area contributed by atoms with Crippen molar-refractivity contribution in [2.24, 2.45) is 0 Å². The van der Waals surface area contributed by atoms with Crippen LogP contribution in [0.15, 0.2) is 22.6 Å². The van der Waals surface area contributed by atoms with Crippen LogP contribution < -0.4 is 0 Å². The van der Waals surface area contributed by atoms with Crippen molar-refractivity contribution >= 4 is 11.1 Å². The molecule has 0 atom stereocenters. The Balaban J connectivity index is 2.04. The minimum atomic E-state index is -0.0381. The second-order valence-corrected chi connectivity index (χ2v) is 4.66. The number of aliphatic hydroxyl groups is 1. The summed E-state index contributed by atoms with van der Waals surface area (Å²) in [5.41, 5.74) is 2.82. The molecule has 17 heavy (non-hydrogen) atoms. The van der Waals surface area contributed by atoms with Gasteiger partial charge in [-0.05, 0) is 24.1 Å². The van der Waals surface area contributed by atoms with Gasteiger partial charge in [0.05, 0.1) is 13.2 Å². The predicted molar refractivity (Wildman–Crippen MR) is 62.9 cm³/mol. The molecule has 90 valence electrons. The van der Waals surface area contributed by atoms with E-state index in [4.69, 9.17) is 14.3 Å². The zero-order chi connectivity index (χ0) is 11.9. The largest absolute Gasteiger partial charge is 0.441 e. The highest BCUT2D eigenvalue weighted by atomic mass is 16.5. The van der Waals surface area contributed by atoms with Gasteiger partial charge in [0.15, 0.2) is 11.5 Å². The van der Waals surface area contributed by atoms with Crippen LogP contribution in [-0.2, 0) is 10.2 Å². The lowest BCUT2D eigenvalue weighted by Gasteiger charge is -2.41. The van der Waals surface area contributed by atoms with Crippen LogP contribution >= 0.6 is 0 Å². The van der Waals surface area contributed by atoms with Gasteiger partial charge in [-0.2, -0.15) is 0 Å². The Hall–Kier alpha value is -1.39. The van der Waals surface area contributed by atoms with Crippen molar-refractivity contribution in [3.05, 3.63) is 29.7 Å². The van der Waals surface area contributed by atoms with E-state index in [1.54, 1.807) is 0 Å². The van der Waals surface area contributed by atoms with Crippen LogP contribution in [0.3, 0.4) is 0 Å². The number of aromatic nitrogens is 1. The van der Waals surface area contributed by atoms with Crippen molar-refractivity contribution in [2.75, 3.05) is 19.8 Å². The molecule has 1 aromatic carbocycles. The van der Waals surface area contributed by atoms with Crippen LogP contribution in [0.2, 0.25) is 0 Å². The Bertz CT molecular complexity index is 543. The zero-order valence-corrected chi connectivity index (χ0v) is 9.77. The highest BCUT2D eigenvalue weighted by Gasteiger charge is 2.40. The van der Waals surface area contributed by atoms with Gasteiger partial charge in [-0.25, -0.2) is 4.98 Å². The van der Waals surface area contributed by atoms with E-state index < -0.39 is 0 Å². The molecule has 0 amide bonds. The number of oxazole rings is 1. The monoisotopic (exact) mass is 233 g/mol. The molecule has 1 N–H and O–H groups in total. The van der Waals surface area contributed by atoms with Crippen molar-refractivity contribution in [2.45, 2.75) is 18.8 Å². The number of ether oxygens (including phenoxy) is 1. The molecule has 1 fully saturated rings. The van der Waals surface area contributed by atoms with Crippen LogP contribution in [0.25, 0.3) is 11.1 Å². The molecule has 0 bridgehead atoms. The van der Waals surface area contributed by atoms with Crippen molar-refractivity contribution < 1.29 is 14.3 Å². The summed E-state index contributed by atoms with van der Waals surface area (Å²) in [6.07, 6.45) is 0.728. The summed E-state index contributed by atoms with van der Waals surface area (Å²) >= 11 is 0. The van der Waals surface area contributed by atoms with Crippen LogP contribution in [0, 0.1) is 6.92 Å². The maximum absolute atomic E-state index is 9.15. The third kappa shape index (κ3) is 1.64. The molecule has 1 aliphatic heterocycles. The topological polar surface area (TPSA) is 55.5 Å². The highest BCUT2D eigenvalue weighted by molar-refractivity contribution is 5.73. The molecule has 2 aromatic rings. The number of aryl methyl sites for hydroxylation is 1. The molecule has 1 aliphatic rings. The molecular weight excluding hydrogens is 218 g/mol. The maximum Gasteiger partial charge on any atom is 0.192 e. The number of fused-ring (bicyclic) bond motifs is 1. The lowest BCUT2D eigenvalue weighted by Crippen LogP contribution is -2.47. The Morgan fingerprint density at radius 3 is 2.88 bits per heavy atom. The maximum atomic E-state index is 9.15. The van der Waals surface area contributed by atoms with E-state index in [2.05, 4.69) is 11.1 Å². The Morgan fingerprint density at radius 2 is 2.24 bits per heavy atom. The number of benzene rings is 1. The summed E-state index contributed by atoms with van der Waals surface area (Å²) in [7, 11) is 0. The fraction of sp³-hybridized carbons (Fsp3) is 0.462. The fourth-order valence-electron chi connectivity index (χ4n) is 2.39. The Morgan fingerprint density at radius 1 is 1.41 bits per heavy atom. The summed E-state index contributed by atoms with van der Waals surface area (Å²) in [5.74, 6) is 0.679. The number of aliphatic hydroxyl groups excluding tert-OH is 1. The normalized spacial score (nSPS) is 18.2. The van der Waals surface area contributed by atoms with Gasteiger partial charge in [-0.3, -0.25) is 0 Å². The van der Waals surface area contributed by atoms with Gasteiger partial charge in [-0.1, -0.05) is 6.07 Å². The molecule has 0 saturated carbocycles. The summed E-state index contributed by atoms with van der Waals surface area (Å²) in [5, 5.41) is 9.15. The first kappa shape index (κ1) is 10.7. The van der Waals surface area contributed by atoms with Crippen LogP contribution in [0.4, 0.5) is 0 Å². The van der Waals surface area contributed by atoms with Gasteiger partial charge >= 0.3 is 0 Å².